The zero-order chi connectivity index (χ0) is 36.2. The van der Waals surface area contributed by atoms with Crippen molar-refractivity contribution in [2.45, 2.75) is 6.92 Å². The van der Waals surface area contributed by atoms with Gasteiger partial charge < -0.3 is 4.57 Å². The van der Waals surface area contributed by atoms with E-state index in [4.69, 9.17) is 9.98 Å². The molecule has 0 radical (unpaired) electrons. The average molecular weight is 690 g/mol. The molecule has 0 atom stereocenters. The van der Waals surface area contributed by atoms with Crippen molar-refractivity contribution in [2.75, 3.05) is 0 Å². The van der Waals surface area contributed by atoms with Gasteiger partial charge in [0, 0.05) is 27.6 Å². The van der Waals surface area contributed by atoms with E-state index in [0.29, 0.717) is 11.5 Å². The van der Waals surface area contributed by atoms with Gasteiger partial charge in [-0.25, -0.2) is 9.98 Å². The molecule has 0 aliphatic rings. The second-order valence-corrected chi connectivity index (χ2v) is 13.8. The maximum Gasteiger partial charge on any atom is 0.160 e. The third-order valence-corrected chi connectivity index (χ3v) is 10.7. The van der Waals surface area contributed by atoms with Crippen LogP contribution in [0.1, 0.15) is 23.6 Å². The van der Waals surface area contributed by atoms with Crippen LogP contribution in [-0.4, -0.2) is 16.1 Å². The summed E-state index contributed by atoms with van der Waals surface area (Å²) in [5.74, 6) is 0.621. The number of nitrogens with zero attached hydrogens (tertiary/aromatic N) is 3. The molecule has 0 aliphatic carbocycles. The fraction of sp³-hybridized carbons (Fsp3) is 0.0196. The van der Waals surface area contributed by atoms with Crippen LogP contribution in [0.25, 0.3) is 76.3 Å². The van der Waals surface area contributed by atoms with E-state index >= 15 is 0 Å². The Labute approximate surface area is 313 Å². The summed E-state index contributed by atoms with van der Waals surface area (Å²) in [4.78, 5) is 10.8. The number of rotatable bonds is 5. The quantitative estimate of drug-likeness (QED) is 0.0978. The SMILES string of the molecule is C=C(N=C(N=C(C)c1ccccc1-n1c2ccccc2c2c3ccccc3ccc21)c1cc2c3ccccc3ccc2c2ccccc12)c1ccccc1. The Balaban J connectivity index is 1.23. The lowest BCUT2D eigenvalue weighted by atomic mass is 9.93. The first-order chi connectivity index (χ1) is 26.6. The molecule has 0 amide bonds. The van der Waals surface area contributed by atoms with Gasteiger partial charge in [0.2, 0.25) is 0 Å². The third-order valence-electron chi connectivity index (χ3n) is 10.7. The normalized spacial score (nSPS) is 12.5. The van der Waals surface area contributed by atoms with E-state index in [1.54, 1.807) is 0 Å². The van der Waals surface area contributed by atoms with Crippen molar-refractivity contribution in [2.24, 2.45) is 9.98 Å². The Kier molecular flexibility index (Phi) is 7.52. The minimum absolute atomic E-state index is 0.621. The van der Waals surface area contributed by atoms with Crippen LogP contribution in [0.5, 0.6) is 0 Å². The highest BCUT2D eigenvalue weighted by Crippen LogP contribution is 2.38. The summed E-state index contributed by atoms with van der Waals surface area (Å²) in [6.45, 7) is 6.55. The largest absolute Gasteiger partial charge is 0.309 e. The van der Waals surface area contributed by atoms with Crippen LogP contribution in [0.4, 0.5) is 0 Å². The van der Waals surface area contributed by atoms with E-state index < -0.39 is 0 Å². The van der Waals surface area contributed by atoms with Crippen LogP contribution in [0.15, 0.2) is 199 Å². The molecule has 3 nitrogen and oxygen atoms in total. The molecule has 0 bridgehead atoms. The molecule has 10 aromatic rings. The first kappa shape index (κ1) is 31.6. The molecule has 0 unspecified atom stereocenters. The maximum atomic E-state index is 5.49. The first-order valence-corrected chi connectivity index (χ1v) is 18.4. The zero-order valence-electron chi connectivity index (χ0n) is 29.9. The van der Waals surface area contributed by atoms with Gasteiger partial charge >= 0.3 is 0 Å². The van der Waals surface area contributed by atoms with Crippen molar-refractivity contribution < 1.29 is 0 Å². The van der Waals surface area contributed by atoms with E-state index in [1.807, 2.05) is 30.3 Å². The van der Waals surface area contributed by atoms with Crippen LogP contribution in [0.2, 0.25) is 0 Å². The highest BCUT2D eigenvalue weighted by Gasteiger charge is 2.19. The Morgan fingerprint density at radius 3 is 1.85 bits per heavy atom. The first-order valence-electron chi connectivity index (χ1n) is 18.4. The van der Waals surface area contributed by atoms with Crippen LogP contribution in [-0.2, 0) is 0 Å². The molecular weight excluding hydrogens is 655 g/mol. The number of benzene rings is 9. The van der Waals surface area contributed by atoms with E-state index in [2.05, 4.69) is 170 Å². The minimum Gasteiger partial charge on any atom is -0.309 e. The van der Waals surface area contributed by atoms with E-state index in [1.165, 1.54) is 48.5 Å². The second kappa shape index (κ2) is 12.8. The topological polar surface area (TPSA) is 29.6 Å². The Bertz CT molecular complexity index is 3180. The van der Waals surface area contributed by atoms with Crippen molar-refractivity contribution in [3.8, 4) is 5.69 Å². The molecule has 54 heavy (non-hydrogen) atoms. The number of aliphatic imine (C=N–C) groups is 2. The van der Waals surface area contributed by atoms with Gasteiger partial charge in [0.25, 0.3) is 0 Å². The lowest BCUT2D eigenvalue weighted by molar-refractivity contribution is 1.17. The van der Waals surface area contributed by atoms with Gasteiger partial charge in [0.1, 0.15) is 0 Å². The van der Waals surface area contributed by atoms with Crippen LogP contribution >= 0.6 is 0 Å². The molecule has 0 N–H and O–H groups in total. The molecule has 3 heteroatoms. The van der Waals surface area contributed by atoms with Crippen LogP contribution < -0.4 is 0 Å². The lowest BCUT2D eigenvalue weighted by Gasteiger charge is -2.16. The van der Waals surface area contributed by atoms with Gasteiger partial charge in [0.15, 0.2) is 5.84 Å². The summed E-state index contributed by atoms with van der Waals surface area (Å²) in [5, 5.41) is 12.0. The summed E-state index contributed by atoms with van der Waals surface area (Å²) in [6.07, 6.45) is 0. The van der Waals surface area contributed by atoms with Gasteiger partial charge in [-0.1, -0.05) is 164 Å². The molecule has 0 saturated carbocycles. The lowest BCUT2D eigenvalue weighted by Crippen LogP contribution is -2.08. The molecule has 0 aliphatic heterocycles. The highest BCUT2D eigenvalue weighted by molar-refractivity contribution is 6.26. The molecular formula is C51H35N3. The van der Waals surface area contributed by atoms with E-state index in [0.717, 1.165) is 44.5 Å². The fourth-order valence-electron chi connectivity index (χ4n) is 8.21. The molecule has 10 rings (SSSR count). The van der Waals surface area contributed by atoms with Gasteiger partial charge in [-0.3, -0.25) is 0 Å². The van der Waals surface area contributed by atoms with Crippen LogP contribution in [0, 0.1) is 0 Å². The number of aromatic nitrogens is 1. The van der Waals surface area contributed by atoms with Crippen molar-refractivity contribution in [3.63, 3.8) is 0 Å². The summed E-state index contributed by atoms with van der Waals surface area (Å²) in [5.41, 5.74) is 7.85. The fourth-order valence-corrected chi connectivity index (χ4v) is 8.21. The summed E-state index contributed by atoms with van der Waals surface area (Å²) < 4.78 is 2.39. The van der Waals surface area contributed by atoms with Crippen molar-refractivity contribution in [1.29, 1.82) is 0 Å². The predicted octanol–water partition coefficient (Wildman–Crippen LogP) is 13.3. The van der Waals surface area contributed by atoms with Gasteiger partial charge in [-0.15, -0.1) is 0 Å². The van der Waals surface area contributed by atoms with Gasteiger partial charge in [-0.2, -0.15) is 0 Å². The van der Waals surface area contributed by atoms with E-state index in [9.17, 15) is 0 Å². The smallest absolute Gasteiger partial charge is 0.160 e. The monoisotopic (exact) mass is 689 g/mol. The molecule has 9 aromatic carbocycles. The summed E-state index contributed by atoms with van der Waals surface area (Å²) >= 11 is 0. The Hall–Kier alpha value is -7.10. The number of hydrogen-bond acceptors (Lipinski definition) is 1. The molecule has 1 aromatic heterocycles. The van der Waals surface area contributed by atoms with Gasteiger partial charge in [0.05, 0.1) is 22.4 Å². The molecule has 0 saturated heterocycles. The Morgan fingerprint density at radius 2 is 1.04 bits per heavy atom. The number of fused-ring (bicyclic) bond motifs is 10. The molecule has 254 valence electrons. The molecule has 0 spiro atoms. The minimum atomic E-state index is 0.621. The zero-order valence-corrected chi connectivity index (χ0v) is 29.9. The summed E-state index contributed by atoms with van der Waals surface area (Å²) in [7, 11) is 0. The number of para-hydroxylation sites is 2. The average Bonchev–Trinajstić information content (AvgIpc) is 3.58. The van der Waals surface area contributed by atoms with Crippen molar-refractivity contribution >= 4 is 82.1 Å². The van der Waals surface area contributed by atoms with Crippen LogP contribution in [0.3, 0.4) is 0 Å². The maximum absolute atomic E-state index is 5.49. The van der Waals surface area contributed by atoms with Crippen molar-refractivity contribution in [1.82, 2.24) is 4.57 Å². The van der Waals surface area contributed by atoms with Gasteiger partial charge in [-0.05, 0) is 79.8 Å². The van der Waals surface area contributed by atoms with E-state index in [-0.39, 0.29) is 0 Å². The standard InChI is InChI=1S/C51H35N3/c1-33(35-16-4-3-5-17-35)52-51(46-32-45-39-21-8-6-18-36(39)28-30-43(45)41-23-10-11-24-42(41)46)53-34(2)38-20-12-14-26-47(38)54-48-27-15-13-25-44(48)50-40-22-9-7-19-37(40)29-31-49(50)54/h3-32H,1H2,2H3. The Morgan fingerprint density at radius 1 is 0.444 bits per heavy atom. The summed E-state index contributed by atoms with van der Waals surface area (Å²) in [6, 6.07) is 64.5. The van der Waals surface area contributed by atoms with Crippen molar-refractivity contribution in [3.05, 3.63) is 205 Å². The number of amidine groups is 1. The molecule has 1 heterocycles. The second-order valence-electron chi connectivity index (χ2n) is 13.8. The predicted molar refractivity (Wildman–Crippen MR) is 231 cm³/mol. The molecule has 0 fully saturated rings. The third kappa shape index (κ3) is 5.13. The number of hydrogen-bond donors (Lipinski definition) is 0. The highest BCUT2D eigenvalue weighted by atomic mass is 15.0.